The van der Waals surface area contributed by atoms with E-state index in [0.717, 1.165) is 12.8 Å². The highest BCUT2D eigenvalue weighted by molar-refractivity contribution is 7.80. The Kier molecular flexibility index (Phi) is 2.91. The number of nitrogens with zero attached hydrogens (tertiary/aromatic N) is 1. The van der Waals surface area contributed by atoms with Crippen LogP contribution in [0.2, 0.25) is 0 Å². The predicted octanol–water partition coefficient (Wildman–Crippen LogP) is 1.28. The number of hydrogen-bond acceptors (Lipinski definition) is 2. The lowest BCUT2D eigenvalue weighted by atomic mass is 9.96. The van der Waals surface area contributed by atoms with E-state index in [9.17, 15) is 4.79 Å². The van der Waals surface area contributed by atoms with E-state index >= 15 is 0 Å². The van der Waals surface area contributed by atoms with Gasteiger partial charge in [-0.05, 0) is 32.5 Å². The van der Waals surface area contributed by atoms with Crippen molar-refractivity contribution in [3.05, 3.63) is 0 Å². The van der Waals surface area contributed by atoms with E-state index in [1.165, 1.54) is 0 Å². The van der Waals surface area contributed by atoms with Gasteiger partial charge in [0, 0.05) is 6.54 Å². The molecule has 0 aromatic rings. The summed E-state index contributed by atoms with van der Waals surface area (Å²) in [5, 5.41) is 3.66. The minimum absolute atomic E-state index is 0.113. The molecule has 74 valence electrons. The van der Waals surface area contributed by atoms with Gasteiger partial charge in [0.05, 0.1) is 0 Å². The molecule has 0 bridgehead atoms. The number of amides is 1. The predicted molar refractivity (Wildman–Crippen MR) is 56.4 cm³/mol. The maximum atomic E-state index is 11.8. The van der Waals surface area contributed by atoms with Gasteiger partial charge in [0.1, 0.15) is 5.54 Å². The summed E-state index contributed by atoms with van der Waals surface area (Å²) >= 11 is 5.07. The fourth-order valence-corrected chi connectivity index (χ4v) is 2.14. The third kappa shape index (κ3) is 1.68. The van der Waals surface area contributed by atoms with Gasteiger partial charge in [-0.2, -0.15) is 0 Å². The third-order valence-electron chi connectivity index (χ3n) is 2.41. The molecule has 1 amide bonds. The second-order valence-corrected chi connectivity index (χ2v) is 3.95. The van der Waals surface area contributed by atoms with Crippen LogP contribution in [-0.4, -0.2) is 28.0 Å². The van der Waals surface area contributed by atoms with Gasteiger partial charge in [-0.25, -0.2) is 0 Å². The lowest BCUT2D eigenvalue weighted by molar-refractivity contribution is -0.130. The van der Waals surface area contributed by atoms with E-state index in [1.807, 2.05) is 13.8 Å². The second-order valence-electron chi connectivity index (χ2n) is 3.56. The molecule has 13 heavy (non-hydrogen) atoms. The Bertz CT molecular complexity index is 242. The van der Waals surface area contributed by atoms with E-state index in [-0.39, 0.29) is 5.91 Å². The summed E-state index contributed by atoms with van der Waals surface area (Å²) in [6.07, 6.45) is 1.82. The summed E-state index contributed by atoms with van der Waals surface area (Å²) in [7, 11) is 0. The number of thiocarbonyl (C=S) groups is 1. The molecule has 0 spiro atoms. The van der Waals surface area contributed by atoms with Crippen molar-refractivity contribution in [2.45, 2.75) is 39.2 Å². The van der Waals surface area contributed by atoms with Crippen molar-refractivity contribution in [1.82, 2.24) is 10.2 Å². The van der Waals surface area contributed by atoms with Crippen molar-refractivity contribution in [2.75, 3.05) is 6.54 Å². The molecule has 1 aliphatic rings. The molecule has 1 aliphatic heterocycles. The number of carbonyl (C=O) groups excluding carboxylic acids is 1. The van der Waals surface area contributed by atoms with E-state index in [0.29, 0.717) is 11.7 Å². The van der Waals surface area contributed by atoms with Crippen molar-refractivity contribution in [3.8, 4) is 0 Å². The SMILES string of the molecule is CCCC1(C)NC(=S)N(CC)C1=O. The molecule has 1 unspecified atom stereocenters. The Labute approximate surface area is 84.5 Å². The van der Waals surface area contributed by atoms with Crippen LogP contribution in [0.15, 0.2) is 0 Å². The zero-order valence-electron chi connectivity index (χ0n) is 8.39. The van der Waals surface area contributed by atoms with Gasteiger partial charge in [-0.3, -0.25) is 9.69 Å². The fraction of sp³-hybridized carbons (Fsp3) is 0.778. The molecule has 1 fully saturated rings. The topological polar surface area (TPSA) is 32.3 Å². The molecule has 3 nitrogen and oxygen atoms in total. The summed E-state index contributed by atoms with van der Waals surface area (Å²) < 4.78 is 0. The van der Waals surface area contributed by atoms with E-state index in [2.05, 4.69) is 12.2 Å². The summed E-state index contributed by atoms with van der Waals surface area (Å²) in [6, 6.07) is 0. The maximum absolute atomic E-state index is 11.8. The molecule has 0 saturated carbocycles. The number of likely N-dealkylation sites (N-methyl/N-ethyl adjacent to an activating group) is 1. The first-order valence-electron chi connectivity index (χ1n) is 4.69. The van der Waals surface area contributed by atoms with Gasteiger partial charge >= 0.3 is 0 Å². The number of rotatable bonds is 3. The molecule has 1 N–H and O–H groups in total. The highest BCUT2D eigenvalue weighted by Crippen LogP contribution is 2.22. The van der Waals surface area contributed by atoms with Crippen LogP contribution in [0, 0.1) is 0 Å². The molecule has 1 saturated heterocycles. The normalized spacial score (nSPS) is 28.1. The van der Waals surface area contributed by atoms with Gasteiger partial charge < -0.3 is 5.32 Å². The fourth-order valence-electron chi connectivity index (χ4n) is 1.70. The molecule has 0 aliphatic carbocycles. The summed E-state index contributed by atoms with van der Waals surface area (Å²) in [6.45, 7) is 6.58. The minimum atomic E-state index is -0.457. The summed E-state index contributed by atoms with van der Waals surface area (Å²) in [4.78, 5) is 13.5. The lowest BCUT2D eigenvalue weighted by Gasteiger charge is -2.20. The standard InChI is InChI=1S/C9H16N2OS/c1-4-6-9(3)7(12)11(5-2)8(13)10-9/h4-6H2,1-3H3,(H,10,13). The van der Waals surface area contributed by atoms with Gasteiger partial charge in [0.2, 0.25) is 0 Å². The van der Waals surface area contributed by atoms with Gasteiger partial charge in [-0.15, -0.1) is 0 Å². The van der Waals surface area contributed by atoms with Crippen LogP contribution >= 0.6 is 12.2 Å². The first-order valence-corrected chi connectivity index (χ1v) is 5.10. The van der Waals surface area contributed by atoms with Crippen LogP contribution in [0.1, 0.15) is 33.6 Å². The Morgan fingerprint density at radius 2 is 2.15 bits per heavy atom. The van der Waals surface area contributed by atoms with Crippen LogP contribution in [0.4, 0.5) is 0 Å². The molecule has 4 heteroatoms. The maximum Gasteiger partial charge on any atom is 0.254 e. The second kappa shape index (κ2) is 3.62. The molecule has 1 rings (SSSR count). The monoisotopic (exact) mass is 200 g/mol. The van der Waals surface area contributed by atoms with Gasteiger partial charge in [-0.1, -0.05) is 13.3 Å². The molecule has 0 aromatic carbocycles. The van der Waals surface area contributed by atoms with E-state index in [4.69, 9.17) is 12.2 Å². The van der Waals surface area contributed by atoms with Crippen molar-refractivity contribution in [3.63, 3.8) is 0 Å². The quantitative estimate of drug-likeness (QED) is 0.697. The first-order chi connectivity index (χ1) is 6.05. The van der Waals surface area contributed by atoms with Crippen LogP contribution in [0.3, 0.4) is 0 Å². The summed E-state index contributed by atoms with van der Waals surface area (Å²) in [5.41, 5.74) is -0.457. The van der Waals surface area contributed by atoms with Crippen molar-refractivity contribution >= 4 is 23.2 Å². The van der Waals surface area contributed by atoms with Gasteiger partial charge in [0.25, 0.3) is 5.91 Å². The van der Waals surface area contributed by atoms with Crippen LogP contribution in [-0.2, 0) is 4.79 Å². The van der Waals surface area contributed by atoms with Gasteiger partial charge in [0.15, 0.2) is 5.11 Å². The highest BCUT2D eigenvalue weighted by Gasteiger charge is 2.43. The van der Waals surface area contributed by atoms with Crippen LogP contribution in [0.25, 0.3) is 0 Å². The Hall–Kier alpha value is -0.640. The molecular weight excluding hydrogens is 184 g/mol. The first kappa shape index (κ1) is 10.4. The Balaban J connectivity index is 2.83. The minimum Gasteiger partial charge on any atom is -0.348 e. The number of nitrogens with one attached hydrogen (secondary N) is 1. The highest BCUT2D eigenvalue weighted by atomic mass is 32.1. The molecular formula is C9H16N2OS. The zero-order valence-corrected chi connectivity index (χ0v) is 9.20. The third-order valence-corrected chi connectivity index (χ3v) is 2.73. The number of carbonyl (C=O) groups is 1. The van der Waals surface area contributed by atoms with E-state index < -0.39 is 5.54 Å². The lowest BCUT2D eigenvalue weighted by Crippen LogP contribution is -2.43. The van der Waals surface area contributed by atoms with Crippen LogP contribution in [0.5, 0.6) is 0 Å². The Morgan fingerprint density at radius 1 is 1.54 bits per heavy atom. The van der Waals surface area contributed by atoms with E-state index in [1.54, 1.807) is 4.90 Å². The van der Waals surface area contributed by atoms with Crippen molar-refractivity contribution < 1.29 is 4.79 Å². The van der Waals surface area contributed by atoms with Crippen LogP contribution < -0.4 is 5.32 Å². The molecule has 0 radical (unpaired) electrons. The molecule has 0 aromatic heterocycles. The Morgan fingerprint density at radius 3 is 2.54 bits per heavy atom. The van der Waals surface area contributed by atoms with Crippen molar-refractivity contribution in [2.24, 2.45) is 0 Å². The summed E-state index contributed by atoms with van der Waals surface area (Å²) in [5.74, 6) is 0.113. The smallest absolute Gasteiger partial charge is 0.254 e. The van der Waals surface area contributed by atoms with Crippen molar-refractivity contribution in [1.29, 1.82) is 0 Å². The molecule has 1 heterocycles. The molecule has 1 atom stereocenters. The zero-order chi connectivity index (χ0) is 10.1. The average molecular weight is 200 g/mol. The average Bonchev–Trinajstić information content (AvgIpc) is 2.24. The largest absolute Gasteiger partial charge is 0.348 e. The number of hydrogen-bond donors (Lipinski definition) is 1.